The van der Waals surface area contributed by atoms with Gasteiger partial charge in [-0.05, 0) is 17.7 Å². The van der Waals surface area contributed by atoms with Crippen molar-refractivity contribution in [1.29, 1.82) is 0 Å². The third-order valence-electron chi connectivity index (χ3n) is 2.40. The molecule has 2 aromatic rings. The third kappa shape index (κ3) is 3.52. The van der Waals surface area contributed by atoms with Crippen LogP contribution in [0.15, 0.2) is 36.8 Å². The van der Waals surface area contributed by atoms with Gasteiger partial charge in [-0.3, -0.25) is 14.5 Å². The van der Waals surface area contributed by atoms with E-state index in [1.807, 2.05) is 0 Å². The monoisotopic (exact) mass is 272 g/mol. The molecule has 0 atom stereocenters. The SMILES string of the molecule is Cn1ccc(NC(=O)c2cncc(C=CC(=O)O)c2)n1. The Kier molecular flexibility index (Phi) is 3.90. The number of carbonyl (C=O) groups excluding carboxylic acids is 1. The lowest BCUT2D eigenvalue weighted by atomic mass is 10.2. The zero-order valence-electron chi connectivity index (χ0n) is 10.6. The van der Waals surface area contributed by atoms with Crippen LogP contribution in [0.3, 0.4) is 0 Å². The molecular formula is C13H12N4O3. The molecule has 2 N–H and O–H groups in total. The number of amides is 1. The minimum Gasteiger partial charge on any atom is -0.478 e. The lowest BCUT2D eigenvalue weighted by molar-refractivity contribution is -0.131. The minimum atomic E-state index is -1.06. The Morgan fingerprint density at radius 3 is 2.85 bits per heavy atom. The van der Waals surface area contributed by atoms with E-state index in [4.69, 9.17) is 5.11 Å². The van der Waals surface area contributed by atoms with Gasteiger partial charge < -0.3 is 10.4 Å². The lowest BCUT2D eigenvalue weighted by Gasteiger charge is -2.02. The summed E-state index contributed by atoms with van der Waals surface area (Å²) in [5.41, 5.74) is 0.851. The number of carboxylic acid groups (broad SMARTS) is 1. The lowest BCUT2D eigenvalue weighted by Crippen LogP contribution is -2.13. The van der Waals surface area contributed by atoms with Crippen molar-refractivity contribution in [1.82, 2.24) is 14.8 Å². The van der Waals surface area contributed by atoms with Crippen molar-refractivity contribution in [3.8, 4) is 0 Å². The number of rotatable bonds is 4. The summed E-state index contributed by atoms with van der Waals surface area (Å²) in [4.78, 5) is 26.3. The first kappa shape index (κ1) is 13.5. The number of hydrogen-bond acceptors (Lipinski definition) is 4. The highest BCUT2D eigenvalue weighted by atomic mass is 16.4. The maximum absolute atomic E-state index is 12.0. The van der Waals surface area contributed by atoms with E-state index in [-0.39, 0.29) is 5.91 Å². The van der Waals surface area contributed by atoms with Crippen LogP contribution in [0, 0.1) is 0 Å². The number of hydrogen-bond donors (Lipinski definition) is 2. The van der Waals surface area contributed by atoms with Crippen LogP contribution in [0.2, 0.25) is 0 Å². The van der Waals surface area contributed by atoms with Crippen molar-refractivity contribution in [2.45, 2.75) is 0 Å². The highest BCUT2D eigenvalue weighted by Gasteiger charge is 2.08. The maximum Gasteiger partial charge on any atom is 0.328 e. The van der Waals surface area contributed by atoms with Gasteiger partial charge in [-0.15, -0.1) is 0 Å². The molecule has 0 aliphatic rings. The fourth-order valence-electron chi connectivity index (χ4n) is 1.51. The van der Waals surface area contributed by atoms with E-state index in [2.05, 4.69) is 15.4 Å². The van der Waals surface area contributed by atoms with E-state index < -0.39 is 5.97 Å². The first-order valence-electron chi connectivity index (χ1n) is 5.71. The molecule has 1 amide bonds. The van der Waals surface area contributed by atoms with E-state index in [0.29, 0.717) is 16.9 Å². The first-order chi connectivity index (χ1) is 9.54. The van der Waals surface area contributed by atoms with Crippen molar-refractivity contribution in [2.24, 2.45) is 7.05 Å². The summed E-state index contributed by atoms with van der Waals surface area (Å²) in [6.45, 7) is 0. The van der Waals surface area contributed by atoms with Gasteiger partial charge in [-0.1, -0.05) is 0 Å². The van der Waals surface area contributed by atoms with E-state index in [9.17, 15) is 9.59 Å². The van der Waals surface area contributed by atoms with Gasteiger partial charge in [0.15, 0.2) is 5.82 Å². The summed E-state index contributed by atoms with van der Waals surface area (Å²) in [5.74, 6) is -0.987. The quantitative estimate of drug-likeness (QED) is 0.814. The Bertz CT molecular complexity index is 676. The predicted octanol–water partition coefficient (Wildman–Crippen LogP) is 1.17. The van der Waals surface area contributed by atoms with Crippen molar-refractivity contribution in [2.75, 3.05) is 5.32 Å². The van der Waals surface area contributed by atoms with Crippen LogP contribution in [-0.4, -0.2) is 31.7 Å². The molecular weight excluding hydrogens is 260 g/mol. The van der Waals surface area contributed by atoms with Crippen molar-refractivity contribution < 1.29 is 14.7 Å². The Labute approximate surface area is 114 Å². The number of carbonyl (C=O) groups is 2. The summed E-state index contributed by atoms with van der Waals surface area (Å²) in [6, 6.07) is 3.21. The van der Waals surface area contributed by atoms with Crippen LogP contribution in [0.4, 0.5) is 5.82 Å². The molecule has 0 saturated heterocycles. The molecule has 7 heteroatoms. The molecule has 2 heterocycles. The molecule has 0 aliphatic heterocycles. The molecule has 0 bridgehead atoms. The second-order valence-electron chi connectivity index (χ2n) is 4.01. The molecule has 0 spiro atoms. The Hall–Kier alpha value is -2.96. The number of nitrogens with one attached hydrogen (secondary N) is 1. The number of aromatic nitrogens is 3. The molecule has 0 saturated carbocycles. The summed E-state index contributed by atoms with van der Waals surface area (Å²) in [5, 5.41) is 15.2. The van der Waals surface area contributed by atoms with Gasteiger partial charge in [0.25, 0.3) is 5.91 Å². The molecule has 0 fully saturated rings. The number of aryl methyl sites for hydroxylation is 1. The third-order valence-corrected chi connectivity index (χ3v) is 2.40. The zero-order chi connectivity index (χ0) is 14.5. The van der Waals surface area contributed by atoms with Gasteiger partial charge >= 0.3 is 5.97 Å². The molecule has 102 valence electrons. The highest BCUT2D eigenvalue weighted by molar-refractivity contribution is 6.03. The predicted molar refractivity (Wildman–Crippen MR) is 72.1 cm³/mol. The fraction of sp³-hybridized carbons (Fsp3) is 0.0769. The molecule has 0 aliphatic carbocycles. The van der Waals surface area contributed by atoms with Gasteiger partial charge in [0, 0.05) is 37.8 Å². The van der Waals surface area contributed by atoms with E-state index in [1.165, 1.54) is 18.5 Å². The minimum absolute atomic E-state index is 0.322. The second kappa shape index (κ2) is 5.79. The van der Waals surface area contributed by atoms with Gasteiger partial charge in [-0.25, -0.2) is 4.79 Å². The summed E-state index contributed by atoms with van der Waals surface area (Å²) in [6.07, 6.45) is 6.93. The van der Waals surface area contributed by atoms with Crippen LogP contribution in [0.1, 0.15) is 15.9 Å². The number of anilines is 1. The molecule has 0 unspecified atom stereocenters. The Morgan fingerprint density at radius 1 is 1.40 bits per heavy atom. The second-order valence-corrected chi connectivity index (χ2v) is 4.01. The number of nitrogens with zero attached hydrogens (tertiary/aromatic N) is 3. The molecule has 7 nitrogen and oxygen atoms in total. The molecule has 20 heavy (non-hydrogen) atoms. The average molecular weight is 272 g/mol. The number of pyridine rings is 1. The standard InChI is InChI=1S/C13H12N4O3/c1-17-5-4-11(16-17)15-13(20)10-6-9(7-14-8-10)2-3-12(18)19/h2-8H,1H3,(H,18,19)(H,15,16,20). The van der Waals surface area contributed by atoms with Crippen molar-refractivity contribution in [3.05, 3.63) is 47.9 Å². The normalized spacial score (nSPS) is 10.7. The molecule has 0 radical (unpaired) electrons. The maximum atomic E-state index is 12.0. The van der Waals surface area contributed by atoms with Gasteiger partial charge in [0.1, 0.15) is 0 Å². The molecule has 0 aromatic carbocycles. The van der Waals surface area contributed by atoms with E-state index in [1.54, 1.807) is 30.1 Å². The van der Waals surface area contributed by atoms with E-state index in [0.717, 1.165) is 6.08 Å². The highest BCUT2D eigenvalue weighted by Crippen LogP contribution is 2.08. The smallest absolute Gasteiger partial charge is 0.328 e. The largest absolute Gasteiger partial charge is 0.478 e. The van der Waals surface area contributed by atoms with Gasteiger partial charge in [0.05, 0.1) is 5.56 Å². The molecule has 2 rings (SSSR count). The number of aliphatic carboxylic acids is 1. The van der Waals surface area contributed by atoms with Crippen molar-refractivity contribution >= 4 is 23.8 Å². The average Bonchev–Trinajstić information content (AvgIpc) is 2.82. The van der Waals surface area contributed by atoms with Crippen LogP contribution >= 0.6 is 0 Å². The van der Waals surface area contributed by atoms with Gasteiger partial charge in [0.2, 0.25) is 0 Å². The first-order valence-corrected chi connectivity index (χ1v) is 5.71. The fourth-order valence-corrected chi connectivity index (χ4v) is 1.51. The summed E-state index contributed by atoms with van der Waals surface area (Å²) >= 11 is 0. The zero-order valence-corrected chi connectivity index (χ0v) is 10.6. The van der Waals surface area contributed by atoms with Crippen LogP contribution < -0.4 is 5.32 Å². The Balaban J connectivity index is 2.14. The van der Waals surface area contributed by atoms with Gasteiger partial charge in [-0.2, -0.15) is 5.10 Å². The van der Waals surface area contributed by atoms with E-state index >= 15 is 0 Å². The molecule has 2 aromatic heterocycles. The van der Waals surface area contributed by atoms with Crippen LogP contribution in [0.25, 0.3) is 6.08 Å². The summed E-state index contributed by atoms with van der Waals surface area (Å²) in [7, 11) is 1.74. The number of carboxylic acids is 1. The Morgan fingerprint density at radius 2 is 2.20 bits per heavy atom. The van der Waals surface area contributed by atoms with Crippen LogP contribution in [0.5, 0.6) is 0 Å². The van der Waals surface area contributed by atoms with Crippen LogP contribution in [-0.2, 0) is 11.8 Å². The van der Waals surface area contributed by atoms with Crippen molar-refractivity contribution in [3.63, 3.8) is 0 Å². The topological polar surface area (TPSA) is 97.1 Å². The summed E-state index contributed by atoms with van der Waals surface area (Å²) < 4.78 is 1.57.